The van der Waals surface area contributed by atoms with E-state index in [1.165, 1.54) is 6.92 Å². The Hall–Kier alpha value is -1.25. The van der Waals surface area contributed by atoms with E-state index in [1.54, 1.807) is 6.08 Å². The standard InChI is InChI=1S/C22H31F3O5S/c1-13(26)29-15-8-10-20(2)14(12-15)4-5-16-17-6-7-19(21(17,3)11-9-18(16)20)30-31(27,28)22(23,24)25/h7,14-18H,4-6,8-12H2,1-3H3/t14?,15-,16?,17?,18?,20-,21-/m0/s1. The highest BCUT2D eigenvalue weighted by atomic mass is 32.2. The highest BCUT2D eigenvalue weighted by molar-refractivity contribution is 7.87. The predicted octanol–water partition coefficient (Wildman–Crippen LogP) is 5.32. The van der Waals surface area contributed by atoms with Gasteiger partial charge in [-0.2, -0.15) is 21.6 Å². The van der Waals surface area contributed by atoms with E-state index in [0.717, 1.165) is 38.5 Å². The van der Waals surface area contributed by atoms with Gasteiger partial charge in [0.15, 0.2) is 0 Å². The fourth-order valence-electron chi connectivity index (χ4n) is 7.38. The summed E-state index contributed by atoms with van der Waals surface area (Å²) in [5.41, 5.74) is -5.99. The van der Waals surface area contributed by atoms with E-state index >= 15 is 0 Å². The molecule has 0 aliphatic heterocycles. The molecule has 7 atom stereocenters. The van der Waals surface area contributed by atoms with Crippen LogP contribution in [0, 0.1) is 34.5 Å². The van der Waals surface area contributed by atoms with Crippen LogP contribution < -0.4 is 0 Å². The first-order valence-electron chi connectivity index (χ1n) is 11.2. The minimum atomic E-state index is -5.66. The fourth-order valence-corrected chi connectivity index (χ4v) is 7.97. The normalized spacial score (nSPS) is 42.6. The molecule has 0 bridgehead atoms. The Balaban J connectivity index is 1.51. The van der Waals surface area contributed by atoms with Gasteiger partial charge in [0.05, 0.1) is 0 Å². The molecule has 4 unspecified atom stereocenters. The van der Waals surface area contributed by atoms with Crippen LogP contribution in [0.15, 0.2) is 11.8 Å². The first-order chi connectivity index (χ1) is 14.3. The zero-order valence-corrected chi connectivity index (χ0v) is 19.0. The Morgan fingerprint density at radius 3 is 2.45 bits per heavy atom. The van der Waals surface area contributed by atoms with Crippen molar-refractivity contribution in [3.8, 4) is 0 Å². The summed E-state index contributed by atoms with van der Waals surface area (Å²) in [6.45, 7) is 5.64. The molecule has 0 amide bonds. The lowest BCUT2D eigenvalue weighted by molar-refractivity contribution is -0.159. The van der Waals surface area contributed by atoms with E-state index in [0.29, 0.717) is 30.6 Å². The van der Waals surface area contributed by atoms with E-state index < -0.39 is 21.0 Å². The molecule has 31 heavy (non-hydrogen) atoms. The van der Waals surface area contributed by atoms with Gasteiger partial charge in [0.25, 0.3) is 0 Å². The van der Waals surface area contributed by atoms with Crippen molar-refractivity contribution in [1.29, 1.82) is 0 Å². The molecule has 0 aromatic carbocycles. The summed E-state index contributed by atoms with van der Waals surface area (Å²) in [5, 5.41) is 0. The van der Waals surface area contributed by atoms with Gasteiger partial charge in [-0.3, -0.25) is 4.79 Å². The molecule has 9 heteroatoms. The maximum Gasteiger partial charge on any atom is 0.534 e. The van der Waals surface area contributed by atoms with Crippen molar-refractivity contribution in [3.05, 3.63) is 11.8 Å². The number of hydrogen-bond acceptors (Lipinski definition) is 5. The zero-order valence-electron chi connectivity index (χ0n) is 18.2. The van der Waals surface area contributed by atoms with Gasteiger partial charge in [-0.25, -0.2) is 0 Å². The molecular formula is C22H31F3O5S. The van der Waals surface area contributed by atoms with Gasteiger partial charge in [0.2, 0.25) is 0 Å². The van der Waals surface area contributed by atoms with E-state index in [-0.39, 0.29) is 29.2 Å². The average molecular weight is 465 g/mol. The van der Waals surface area contributed by atoms with Crippen molar-refractivity contribution in [2.45, 2.75) is 83.8 Å². The number of esters is 1. The highest BCUT2D eigenvalue weighted by Gasteiger charge is 2.61. The van der Waals surface area contributed by atoms with E-state index in [1.807, 2.05) is 6.92 Å². The van der Waals surface area contributed by atoms with Crippen LogP contribution in [-0.4, -0.2) is 26.0 Å². The lowest BCUT2D eigenvalue weighted by atomic mass is 9.45. The molecule has 0 radical (unpaired) electrons. The van der Waals surface area contributed by atoms with Crippen molar-refractivity contribution in [2.75, 3.05) is 0 Å². The third-order valence-corrected chi connectivity index (χ3v) is 9.91. The first kappa shape index (κ1) is 22.9. The van der Waals surface area contributed by atoms with Crippen LogP contribution >= 0.6 is 0 Å². The van der Waals surface area contributed by atoms with Gasteiger partial charge < -0.3 is 8.92 Å². The minimum absolute atomic E-state index is 0.0262. The predicted molar refractivity (Wildman–Crippen MR) is 107 cm³/mol. The van der Waals surface area contributed by atoms with Crippen LogP contribution in [0.2, 0.25) is 0 Å². The Morgan fingerprint density at radius 2 is 1.81 bits per heavy atom. The second kappa shape index (κ2) is 7.39. The number of fused-ring (bicyclic) bond motifs is 5. The second-order valence-electron chi connectivity index (χ2n) is 10.4. The van der Waals surface area contributed by atoms with Crippen LogP contribution in [-0.2, 0) is 23.8 Å². The molecule has 0 spiro atoms. The Morgan fingerprint density at radius 1 is 1.10 bits per heavy atom. The van der Waals surface area contributed by atoms with Crippen LogP contribution in [0.25, 0.3) is 0 Å². The van der Waals surface area contributed by atoms with Crippen LogP contribution in [0.1, 0.15) is 72.1 Å². The Kier molecular flexibility index (Phi) is 5.46. The molecule has 5 nitrogen and oxygen atoms in total. The number of hydrogen-bond donors (Lipinski definition) is 0. The quantitative estimate of drug-likeness (QED) is 0.321. The molecule has 4 aliphatic carbocycles. The molecule has 0 aromatic heterocycles. The summed E-state index contributed by atoms with van der Waals surface area (Å²) < 4.78 is 72.0. The molecule has 176 valence electrons. The first-order valence-corrected chi connectivity index (χ1v) is 12.6. The van der Waals surface area contributed by atoms with Crippen molar-refractivity contribution >= 4 is 16.1 Å². The molecule has 4 rings (SSSR count). The number of alkyl halides is 3. The molecule has 3 saturated carbocycles. The number of allylic oxidation sites excluding steroid dienone is 2. The smallest absolute Gasteiger partial charge is 0.463 e. The maximum absolute atomic E-state index is 12.9. The number of halogens is 3. The summed E-state index contributed by atoms with van der Waals surface area (Å²) in [6.07, 6.45) is 8.21. The van der Waals surface area contributed by atoms with Crippen LogP contribution in [0.5, 0.6) is 0 Å². The number of rotatable bonds is 3. The zero-order chi connectivity index (χ0) is 22.8. The van der Waals surface area contributed by atoms with E-state index in [4.69, 9.17) is 4.74 Å². The number of ether oxygens (including phenoxy) is 1. The van der Waals surface area contributed by atoms with Crippen LogP contribution in [0.4, 0.5) is 13.2 Å². The van der Waals surface area contributed by atoms with Crippen molar-refractivity contribution in [3.63, 3.8) is 0 Å². The third-order valence-electron chi connectivity index (χ3n) is 8.94. The average Bonchev–Trinajstić information content (AvgIpc) is 2.96. The van der Waals surface area contributed by atoms with Crippen molar-refractivity contribution < 1.29 is 35.3 Å². The van der Waals surface area contributed by atoms with Crippen molar-refractivity contribution in [2.24, 2.45) is 34.5 Å². The Bertz CT molecular complexity index is 882. The van der Waals surface area contributed by atoms with Gasteiger partial charge in [-0.15, -0.1) is 0 Å². The minimum Gasteiger partial charge on any atom is -0.463 e. The second-order valence-corrected chi connectivity index (χ2v) is 11.9. The van der Waals surface area contributed by atoms with E-state index in [2.05, 4.69) is 11.1 Å². The van der Waals surface area contributed by atoms with Gasteiger partial charge >= 0.3 is 21.6 Å². The lowest BCUT2D eigenvalue weighted by Crippen LogP contribution is -2.54. The van der Waals surface area contributed by atoms with Gasteiger partial charge in [0.1, 0.15) is 11.9 Å². The summed E-state index contributed by atoms with van der Waals surface area (Å²) in [6, 6.07) is 0. The molecule has 0 N–H and O–H groups in total. The van der Waals surface area contributed by atoms with Gasteiger partial charge in [-0.1, -0.05) is 13.8 Å². The van der Waals surface area contributed by atoms with Gasteiger partial charge in [0, 0.05) is 12.3 Å². The molecule has 4 aliphatic rings. The molecular weight excluding hydrogens is 433 g/mol. The highest BCUT2D eigenvalue weighted by Crippen LogP contribution is 2.66. The lowest BCUT2D eigenvalue weighted by Gasteiger charge is -2.60. The summed E-state index contributed by atoms with van der Waals surface area (Å²) in [7, 11) is -5.66. The summed E-state index contributed by atoms with van der Waals surface area (Å²) in [5.74, 6) is 1.06. The molecule has 3 fully saturated rings. The number of carbonyl (C=O) groups is 1. The Labute approximate surface area is 181 Å². The van der Waals surface area contributed by atoms with Crippen LogP contribution in [0.3, 0.4) is 0 Å². The molecule has 0 heterocycles. The summed E-state index contributed by atoms with van der Waals surface area (Å²) in [4.78, 5) is 11.4. The van der Waals surface area contributed by atoms with E-state index in [9.17, 15) is 26.4 Å². The SMILES string of the molecule is CC(=O)O[C@H]1CC[C@@]2(C)C(CCC3C2CC[C@]2(C)C(OS(=O)(=O)C(F)(F)F)=CCC32)C1. The van der Waals surface area contributed by atoms with Gasteiger partial charge in [-0.05, 0) is 86.5 Å². The number of carbonyl (C=O) groups excluding carboxylic acids is 1. The largest absolute Gasteiger partial charge is 0.534 e. The summed E-state index contributed by atoms with van der Waals surface area (Å²) >= 11 is 0. The van der Waals surface area contributed by atoms with Crippen molar-refractivity contribution in [1.82, 2.24) is 0 Å². The molecule has 0 aromatic rings. The maximum atomic E-state index is 12.9. The molecule has 0 saturated heterocycles. The third kappa shape index (κ3) is 3.68. The monoisotopic (exact) mass is 464 g/mol. The fraction of sp³-hybridized carbons (Fsp3) is 0.864. The topological polar surface area (TPSA) is 69.7 Å².